The van der Waals surface area contributed by atoms with Gasteiger partial charge in [-0.05, 0) is 25.9 Å². The fraction of sp³-hybridized carbons (Fsp3) is 0.727. The van der Waals surface area contributed by atoms with Crippen molar-refractivity contribution in [1.82, 2.24) is 10.2 Å². The molecule has 1 fully saturated rings. The lowest BCUT2D eigenvalue weighted by Gasteiger charge is -2.22. The van der Waals surface area contributed by atoms with Gasteiger partial charge in [-0.2, -0.15) is 0 Å². The Bertz CT molecular complexity index is 229. The predicted octanol–water partition coefficient (Wildman–Crippen LogP) is 0.701. The van der Waals surface area contributed by atoms with Gasteiger partial charge in [0, 0.05) is 25.2 Å². The Morgan fingerprint density at radius 2 is 2.47 bits per heavy atom. The highest BCUT2D eigenvalue weighted by atomic mass is 16.4. The van der Waals surface area contributed by atoms with Crippen LogP contribution in [0.4, 0.5) is 0 Å². The fourth-order valence-electron chi connectivity index (χ4n) is 2.04. The molecular formula is C11H20N2O2. The number of nitrogens with zero attached hydrogens (tertiary/aromatic N) is 1. The highest BCUT2D eigenvalue weighted by Gasteiger charge is 2.21. The minimum atomic E-state index is -0.882. The molecule has 0 saturated carbocycles. The first kappa shape index (κ1) is 12.2. The molecule has 1 heterocycles. The summed E-state index contributed by atoms with van der Waals surface area (Å²) in [5, 5.41) is 11.6. The Balaban J connectivity index is 2.11. The van der Waals surface area contributed by atoms with Crippen molar-refractivity contribution in [3.05, 3.63) is 12.2 Å². The third-order valence-corrected chi connectivity index (χ3v) is 2.81. The minimum Gasteiger partial charge on any atom is -0.478 e. The Morgan fingerprint density at radius 3 is 3.13 bits per heavy atom. The second-order valence-corrected chi connectivity index (χ2v) is 3.82. The van der Waals surface area contributed by atoms with Crippen LogP contribution < -0.4 is 5.32 Å². The van der Waals surface area contributed by atoms with Gasteiger partial charge in [0.25, 0.3) is 0 Å². The van der Waals surface area contributed by atoms with Crippen molar-refractivity contribution in [3.63, 3.8) is 0 Å². The molecule has 15 heavy (non-hydrogen) atoms. The van der Waals surface area contributed by atoms with Crippen molar-refractivity contribution in [2.45, 2.75) is 25.8 Å². The smallest absolute Gasteiger partial charge is 0.328 e. The van der Waals surface area contributed by atoms with Crippen LogP contribution in [-0.2, 0) is 4.79 Å². The van der Waals surface area contributed by atoms with Crippen molar-refractivity contribution in [1.29, 1.82) is 0 Å². The van der Waals surface area contributed by atoms with Gasteiger partial charge in [-0.1, -0.05) is 13.0 Å². The maximum absolute atomic E-state index is 10.2. The van der Waals surface area contributed by atoms with Gasteiger partial charge in [-0.3, -0.25) is 4.90 Å². The van der Waals surface area contributed by atoms with E-state index in [2.05, 4.69) is 17.1 Å². The minimum absolute atomic E-state index is 0.633. The number of carbonyl (C=O) groups is 1. The molecule has 4 heteroatoms. The largest absolute Gasteiger partial charge is 0.478 e. The summed E-state index contributed by atoms with van der Waals surface area (Å²) in [7, 11) is 0. The first-order valence-corrected chi connectivity index (χ1v) is 5.58. The number of hydrogen-bond acceptors (Lipinski definition) is 3. The molecule has 0 aromatic carbocycles. The summed E-state index contributed by atoms with van der Waals surface area (Å²) >= 11 is 0. The molecule has 1 rings (SSSR count). The van der Waals surface area contributed by atoms with Crippen LogP contribution in [0.25, 0.3) is 0 Å². The third-order valence-electron chi connectivity index (χ3n) is 2.81. The number of likely N-dealkylation sites (N-methyl/N-ethyl adjacent to an activating group) is 1. The fourth-order valence-corrected chi connectivity index (χ4v) is 2.04. The topological polar surface area (TPSA) is 52.6 Å². The van der Waals surface area contributed by atoms with E-state index in [4.69, 9.17) is 5.11 Å². The summed E-state index contributed by atoms with van der Waals surface area (Å²) in [5.41, 5.74) is 0. The van der Waals surface area contributed by atoms with Gasteiger partial charge in [0.15, 0.2) is 0 Å². The molecule has 1 aliphatic rings. The van der Waals surface area contributed by atoms with Gasteiger partial charge in [-0.15, -0.1) is 0 Å². The molecule has 0 amide bonds. The SMILES string of the molecule is CCN1CCCC1CNC/C=C/C(=O)O. The van der Waals surface area contributed by atoms with E-state index in [1.165, 1.54) is 25.5 Å². The van der Waals surface area contributed by atoms with E-state index in [1.807, 2.05) is 0 Å². The van der Waals surface area contributed by atoms with Crippen molar-refractivity contribution in [3.8, 4) is 0 Å². The van der Waals surface area contributed by atoms with E-state index >= 15 is 0 Å². The summed E-state index contributed by atoms with van der Waals surface area (Å²) < 4.78 is 0. The first-order valence-electron chi connectivity index (χ1n) is 5.58. The van der Waals surface area contributed by atoms with Gasteiger partial charge in [0.1, 0.15) is 0 Å². The average Bonchev–Trinajstić information content (AvgIpc) is 2.64. The normalized spacial score (nSPS) is 22.6. The Labute approximate surface area is 91.0 Å². The van der Waals surface area contributed by atoms with Crippen LogP contribution in [-0.4, -0.2) is 48.2 Å². The van der Waals surface area contributed by atoms with Crippen LogP contribution in [0.3, 0.4) is 0 Å². The van der Waals surface area contributed by atoms with E-state index in [0.717, 1.165) is 13.1 Å². The molecule has 0 radical (unpaired) electrons. The van der Waals surface area contributed by atoms with Gasteiger partial charge in [-0.25, -0.2) is 4.79 Å². The first-order chi connectivity index (χ1) is 7.24. The summed E-state index contributed by atoms with van der Waals surface area (Å²) in [6, 6.07) is 0.633. The molecule has 4 nitrogen and oxygen atoms in total. The number of carboxylic acid groups (broad SMARTS) is 1. The van der Waals surface area contributed by atoms with Crippen molar-refractivity contribution >= 4 is 5.97 Å². The highest BCUT2D eigenvalue weighted by molar-refractivity contribution is 5.79. The van der Waals surface area contributed by atoms with Crippen molar-refractivity contribution in [2.75, 3.05) is 26.2 Å². The standard InChI is InChI=1S/C11H20N2O2/c1-2-13-8-4-5-10(13)9-12-7-3-6-11(14)15/h3,6,10,12H,2,4-5,7-9H2,1H3,(H,14,15)/b6-3+. The Hall–Kier alpha value is -0.870. The van der Waals surface area contributed by atoms with E-state index in [0.29, 0.717) is 12.6 Å². The summed E-state index contributed by atoms with van der Waals surface area (Å²) in [6.07, 6.45) is 5.36. The van der Waals surface area contributed by atoms with Gasteiger partial charge in [0.2, 0.25) is 0 Å². The van der Waals surface area contributed by atoms with E-state index in [9.17, 15) is 4.79 Å². The maximum Gasteiger partial charge on any atom is 0.328 e. The lowest BCUT2D eigenvalue weighted by atomic mass is 10.2. The zero-order chi connectivity index (χ0) is 11.1. The summed E-state index contributed by atoms with van der Waals surface area (Å²) in [4.78, 5) is 12.7. The number of hydrogen-bond donors (Lipinski definition) is 2. The molecule has 0 aromatic heterocycles. The molecule has 1 unspecified atom stereocenters. The maximum atomic E-state index is 10.2. The van der Waals surface area contributed by atoms with Gasteiger partial charge in [0.05, 0.1) is 0 Å². The predicted molar refractivity (Wildman–Crippen MR) is 59.9 cm³/mol. The molecule has 0 aliphatic carbocycles. The Kier molecular flexibility index (Phi) is 5.36. The molecule has 1 saturated heterocycles. The van der Waals surface area contributed by atoms with Crippen LogP contribution in [0.2, 0.25) is 0 Å². The van der Waals surface area contributed by atoms with Crippen molar-refractivity contribution < 1.29 is 9.90 Å². The molecule has 86 valence electrons. The number of carboxylic acids is 1. The molecule has 0 spiro atoms. The second-order valence-electron chi connectivity index (χ2n) is 3.82. The zero-order valence-corrected chi connectivity index (χ0v) is 9.28. The molecule has 1 atom stereocenters. The molecule has 0 bridgehead atoms. The van der Waals surface area contributed by atoms with Crippen LogP contribution in [0.1, 0.15) is 19.8 Å². The number of likely N-dealkylation sites (tertiary alicyclic amines) is 1. The summed E-state index contributed by atoms with van der Waals surface area (Å²) in [6.45, 7) is 6.09. The van der Waals surface area contributed by atoms with E-state index in [1.54, 1.807) is 6.08 Å². The second kappa shape index (κ2) is 6.58. The number of rotatable bonds is 6. The zero-order valence-electron chi connectivity index (χ0n) is 9.28. The molecule has 0 aromatic rings. The van der Waals surface area contributed by atoms with Crippen LogP contribution in [0.5, 0.6) is 0 Å². The number of aliphatic carboxylic acids is 1. The molecular weight excluding hydrogens is 192 g/mol. The van der Waals surface area contributed by atoms with Crippen molar-refractivity contribution in [2.24, 2.45) is 0 Å². The average molecular weight is 212 g/mol. The van der Waals surface area contributed by atoms with Gasteiger partial charge < -0.3 is 10.4 Å². The Morgan fingerprint density at radius 1 is 1.67 bits per heavy atom. The summed E-state index contributed by atoms with van der Waals surface area (Å²) in [5.74, 6) is -0.882. The lowest BCUT2D eigenvalue weighted by molar-refractivity contribution is -0.131. The highest BCUT2D eigenvalue weighted by Crippen LogP contribution is 2.15. The third kappa shape index (κ3) is 4.44. The number of nitrogens with one attached hydrogen (secondary N) is 1. The quantitative estimate of drug-likeness (QED) is 0.503. The van der Waals surface area contributed by atoms with Crippen LogP contribution >= 0.6 is 0 Å². The van der Waals surface area contributed by atoms with E-state index < -0.39 is 5.97 Å². The molecule has 1 aliphatic heterocycles. The van der Waals surface area contributed by atoms with Crippen LogP contribution in [0, 0.1) is 0 Å². The van der Waals surface area contributed by atoms with Gasteiger partial charge >= 0.3 is 5.97 Å². The lowest BCUT2D eigenvalue weighted by Crippen LogP contribution is -2.37. The van der Waals surface area contributed by atoms with Crippen LogP contribution in [0.15, 0.2) is 12.2 Å². The van der Waals surface area contributed by atoms with E-state index in [-0.39, 0.29) is 0 Å². The monoisotopic (exact) mass is 212 g/mol. The molecule has 2 N–H and O–H groups in total.